The van der Waals surface area contributed by atoms with Crippen molar-refractivity contribution in [2.75, 3.05) is 23.7 Å². The number of thiazole rings is 1. The Balaban J connectivity index is 0.717. The van der Waals surface area contributed by atoms with E-state index in [1.807, 2.05) is 81.7 Å². The summed E-state index contributed by atoms with van der Waals surface area (Å²) >= 11 is 1.58. The van der Waals surface area contributed by atoms with Crippen LogP contribution in [-0.2, 0) is 25.7 Å². The van der Waals surface area contributed by atoms with Gasteiger partial charge in [-0.1, -0.05) is 57.9 Å². The third-order valence-electron chi connectivity index (χ3n) is 13.6. The third kappa shape index (κ3) is 13.7. The molecule has 4 aromatic heterocycles. The summed E-state index contributed by atoms with van der Waals surface area (Å²) in [5, 5.41) is 30.5. The first-order valence-electron chi connectivity index (χ1n) is 25.1. The van der Waals surface area contributed by atoms with Gasteiger partial charge in [-0.2, -0.15) is 0 Å². The second-order valence-corrected chi connectivity index (χ2v) is 21.2. The van der Waals surface area contributed by atoms with E-state index in [9.17, 15) is 29.1 Å². The van der Waals surface area contributed by atoms with Gasteiger partial charge < -0.3 is 41.9 Å². The maximum absolute atomic E-state index is 14.0. The van der Waals surface area contributed by atoms with Crippen LogP contribution < -0.4 is 31.9 Å². The molecule has 3 fully saturated rings. The normalized spacial score (nSPS) is 19.4. The predicted octanol–water partition coefficient (Wildman–Crippen LogP) is 6.94. The highest BCUT2D eigenvalue weighted by Crippen LogP contribution is 2.32. The van der Waals surface area contributed by atoms with Gasteiger partial charge in [-0.3, -0.25) is 29.0 Å². The molecule has 3 atom stereocenters. The maximum Gasteiger partial charge on any atom is 0.255 e. The first-order chi connectivity index (χ1) is 34.2. The number of nitrogens with one attached hydrogen (secondary N) is 6. The molecule has 0 radical (unpaired) electrons. The number of nitrogens with zero attached hydrogens (tertiary/aromatic N) is 5. The number of carbonyl (C=O) groups excluding carboxylic acids is 5. The van der Waals surface area contributed by atoms with Crippen molar-refractivity contribution in [2.45, 2.75) is 142 Å². The Kier molecular flexibility index (Phi) is 16.6. The molecule has 2 aliphatic carbocycles. The zero-order valence-electron chi connectivity index (χ0n) is 41.1. The standard InChI is InChI=1S/C53H67N11O6S/c1-32-47(71-31-58-32)34-12-10-33(11-13-34)27-57-51(69)43-25-39(65)30-64(43)52(70)48(53(2,3)4)63-46(66)9-7-5-6-8-23-55-49(67)35-14-17-38(18-15-35)60-50(68)40-29-56-45(26-42(40)59-37-19-20-37)62-44-21-16-36-28-54-24-22-41(36)61-44/h10-13,16,21-22,24,26,28-29,31,35,37-39,43,48,65H,5-9,14-15,17-20,23,25,27,30H2,1-4H3,(H,55,67)(H,57,69)(H,60,68)(H,63,66)(H2,56,59,61,62)/t35?,38?,39-,43+,48+/m1/s1. The van der Waals surface area contributed by atoms with Gasteiger partial charge in [0.25, 0.3) is 5.91 Å². The molecule has 5 amide bonds. The van der Waals surface area contributed by atoms with Crippen LogP contribution in [0.5, 0.6) is 0 Å². The van der Waals surface area contributed by atoms with Crippen LogP contribution in [0.25, 0.3) is 21.3 Å². The number of β-amino-alcohol motifs (C(OH)–C–C–N with tert-alkyl or cyclic N) is 1. The van der Waals surface area contributed by atoms with Crippen molar-refractivity contribution < 1.29 is 29.1 Å². The lowest BCUT2D eigenvalue weighted by molar-refractivity contribution is -0.144. The summed E-state index contributed by atoms with van der Waals surface area (Å²) in [6.45, 7) is 8.41. The quantitative estimate of drug-likeness (QED) is 0.0393. The van der Waals surface area contributed by atoms with Crippen molar-refractivity contribution in [3.8, 4) is 10.4 Å². The minimum atomic E-state index is -0.890. The van der Waals surface area contributed by atoms with Gasteiger partial charge in [0.15, 0.2) is 0 Å². The van der Waals surface area contributed by atoms with Crippen LogP contribution >= 0.6 is 11.3 Å². The lowest BCUT2D eigenvalue weighted by atomic mass is 9.85. The summed E-state index contributed by atoms with van der Waals surface area (Å²) in [5.41, 5.74) is 6.12. The number of aliphatic hydroxyl groups is 1. The van der Waals surface area contributed by atoms with Crippen molar-refractivity contribution in [1.82, 2.24) is 46.1 Å². The molecule has 17 nitrogen and oxygen atoms in total. The van der Waals surface area contributed by atoms with Gasteiger partial charge in [0.05, 0.1) is 39.0 Å². The highest BCUT2D eigenvalue weighted by atomic mass is 32.1. The number of aromatic nitrogens is 4. The molecular weight excluding hydrogens is 919 g/mol. The fraction of sp³-hybridized carbons (Fsp3) is 0.491. The largest absolute Gasteiger partial charge is 0.391 e. The maximum atomic E-state index is 14.0. The van der Waals surface area contributed by atoms with E-state index in [0.29, 0.717) is 61.9 Å². The van der Waals surface area contributed by atoms with Crippen molar-refractivity contribution in [3.63, 3.8) is 0 Å². The van der Waals surface area contributed by atoms with E-state index in [2.05, 4.69) is 51.8 Å². The topological polar surface area (TPSA) is 233 Å². The number of amides is 5. The molecule has 0 bridgehead atoms. The number of hydrogen-bond acceptors (Lipinski definition) is 13. The first kappa shape index (κ1) is 50.8. The summed E-state index contributed by atoms with van der Waals surface area (Å²) in [6.07, 6.45) is 12.4. The Morgan fingerprint density at radius 3 is 2.34 bits per heavy atom. The fourth-order valence-electron chi connectivity index (χ4n) is 9.33. The Hall–Kier alpha value is -6.53. The highest BCUT2D eigenvalue weighted by molar-refractivity contribution is 7.13. The number of pyridine rings is 3. The molecule has 376 valence electrons. The van der Waals surface area contributed by atoms with E-state index in [-0.39, 0.29) is 61.5 Å². The second kappa shape index (κ2) is 23.1. The number of anilines is 3. The molecule has 7 N–H and O–H groups in total. The number of aryl methyl sites for hydroxylation is 1. The van der Waals surface area contributed by atoms with Gasteiger partial charge in [-0.05, 0) is 93.0 Å². The lowest BCUT2D eigenvalue weighted by Gasteiger charge is -2.35. The summed E-state index contributed by atoms with van der Waals surface area (Å²) in [7, 11) is 0. The summed E-state index contributed by atoms with van der Waals surface area (Å²) in [6, 6.07) is 14.0. The molecule has 71 heavy (non-hydrogen) atoms. The number of likely N-dealkylation sites (tertiary alicyclic amines) is 1. The number of carbonyl (C=O) groups is 5. The Morgan fingerprint density at radius 1 is 0.845 bits per heavy atom. The van der Waals surface area contributed by atoms with Gasteiger partial charge in [0.2, 0.25) is 23.6 Å². The summed E-state index contributed by atoms with van der Waals surface area (Å²) in [4.78, 5) is 87.6. The average Bonchev–Trinajstić information content (AvgIpc) is 3.93. The molecule has 1 saturated heterocycles. The fourth-order valence-corrected chi connectivity index (χ4v) is 10.1. The van der Waals surface area contributed by atoms with Crippen molar-refractivity contribution in [3.05, 3.63) is 89.5 Å². The Bertz CT molecular complexity index is 2680. The van der Waals surface area contributed by atoms with E-state index in [1.165, 1.54) is 4.90 Å². The van der Waals surface area contributed by atoms with E-state index in [1.54, 1.807) is 29.9 Å². The smallest absolute Gasteiger partial charge is 0.255 e. The van der Waals surface area contributed by atoms with Crippen LogP contribution in [0, 0.1) is 18.3 Å². The summed E-state index contributed by atoms with van der Waals surface area (Å²) < 4.78 is 0. The first-order valence-corrected chi connectivity index (χ1v) is 25.9. The Morgan fingerprint density at radius 2 is 1.61 bits per heavy atom. The van der Waals surface area contributed by atoms with E-state index in [4.69, 9.17) is 0 Å². The molecule has 8 rings (SSSR count). The van der Waals surface area contributed by atoms with Crippen LogP contribution in [0.3, 0.4) is 0 Å². The van der Waals surface area contributed by atoms with Crippen LogP contribution in [0.1, 0.15) is 119 Å². The van der Waals surface area contributed by atoms with E-state index >= 15 is 0 Å². The highest BCUT2D eigenvalue weighted by Gasteiger charge is 2.44. The number of unbranched alkanes of at least 4 members (excludes halogenated alkanes) is 3. The molecule has 0 spiro atoms. The van der Waals surface area contributed by atoms with Crippen LogP contribution in [0.15, 0.2) is 72.6 Å². The molecular formula is C53H67N11O6S. The van der Waals surface area contributed by atoms with Crippen LogP contribution in [0.2, 0.25) is 0 Å². The van der Waals surface area contributed by atoms with Crippen LogP contribution in [-0.4, -0.2) is 103 Å². The zero-order valence-corrected chi connectivity index (χ0v) is 41.9. The van der Waals surface area contributed by atoms with Gasteiger partial charge in [-0.15, -0.1) is 11.3 Å². The van der Waals surface area contributed by atoms with E-state index in [0.717, 1.165) is 70.4 Å². The third-order valence-corrected chi connectivity index (χ3v) is 14.6. The second-order valence-electron chi connectivity index (χ2n) is 20.3. The minimum absolute atomic E-state index is 0.00975. The van der Waals surface area contributed by atoms with Crippen LogP contribution in [0.4, 0.5) is 17.3 Å². The number of aliphatic hydroxyl groups excluding tert-OH is 1. The SMILES string of the molecule is Cc1ncsc1-c1ccc(CNC(=O)[C@@H]2C[C@@H](O)CN2C(=O)[C@H](NC(=O)CCCCCCNC(=O)C2CCC(NC(=O)c3cnc(Nc4ccc5cnccc5n4)cc3NC3CC3)CC2)C(C)(C)C)cc1. The zero-order chi connectivity index (χ0) is 50.1. The molecule has 0 unspecified atom stereocenters. The summed E-state index contributed by atoms with van der Waals surface area (Å²) in [5.74, 6) is -0.0316. The van der Waals surface area contributed by atoms with Crippen molar-refractivity contribution in [1.29, 1.82) is 0 Å². The molecule has 1 aliphatic heterocycles. The van der Waals surface area contributed by atoms with Gasteiger partial charge in [0.1, 0.15) is 23.7 Å². The molecule has 2 saturated carbocycles. The molecule has 5 aromatic rings. The van der Waals surface area contributed by atoms with E-state index < -0.39 is 29.5 Å². The minimum Gasteiger partial charge on any atom is -0.391 e. The van der Waals surface area contributed by atoms with Crippen molar-refractivity contribution >= 4 is 69.1 Å². The average molecular weight is 986 g/mol. The van der Waals surface area contributed by atoms with Crippen molar-refractivity contribution in [2.24, 2.45) is 11.3 Å². The monoisotopic (exact) mass is 985 g/mol. The predicted molar refractivity (Wildman–Crippen MR) is 275 cm³/mol. The molecule has 5 heterocycles. The molecule has 18 heteroatoms. The number of benzene rings is 1. The van der Waals surface area contributed by atoms with Gasteiger partial charge >= 0.3 is 0 Å². The number of hydrogen-bond donors (Lipinski definition) is 7. The lowest BCUT2D eigenvalue weighted by Crippen LogP contribution is -2.57. The van der Waals surface area contributed by atoms with Gasteiger partial charge in [-0.25, -0.2) is 15.0 Å². The Labute approximate surface area is 419 Å². The van der Waals surface area contributed by atoms with Gasteiger partial charge in [0, 0.05) is 80.5 Å². The molecule has 3 aliphatic rings. The number of fused-ring (bicyclic) bond motifs is 1. The molecule has 1 aromatic carbocycles. The number of rotatable bonds is 20.